The Balaban J connectivity index is 3.82. The van der Waals surface area contributed by atoms with Gasteiger partial charge in [0, 0.05) is 12.8 Å². The Bertz CT molecular complexity index is 1820. The van der Waals surface area contributed by atoms with Crippen LogP contribution in [0.4, 0.5) is 0 Å². The molecule has 0 aromatic carbocycles. The molecule has 0 aliphatic rings. The zero-order valence-electron chi connectivity index (χ0n) is 44.8. The Kier molecular flexibility index (Phi) is 54.7. The van der Waals surface area contributed by atoms with Gasteiger partial charge < -0.3 is 14.6 Å². The second-order valence-corrected chi connectivity index (χ2v) is 16.8. The van der Waals surface area contributed by atoms with Gasteiger partial charge in [-0.15, -0.1) is 0 Å². The first-order valence-corrected chi connectivity index (χ1v) is 27.3. The highest BCUT2D eigenvalue weighted by Gasteiger charge is 2.15. The van der Waals surface area contributed by atoms with Crippen molar-refractivity contribution in [1.82, 2.24) is 0 Å². The molecule has 0 bridgehead atoms. The lowest BCUT2D eigenvalue weighted by atomic mass is 10.2. The first-order chi connectivity index (χ1) is 35.6. The first kappa shape index (κ1) is 66.2. The quantitative estimate of drug-likeness (QED) is 0.0374. The lowest BCUT2D eigenvalue weighted by molar-refractivity contribution is -0.161. The van der Waals surface area contributed by atoms with Crippen LogP contribution in [0.2, 0.25) is 0 Å². The van der Waals surface area contributed by atoms with E-state index in [1.165, 1.54) is 0 Å². The van der Waals surface area contributed by atoms with E-state index in [-0.39, 0.29) is 25.4 Å². The Morgan fingerprint density at radius 1 is 0.319 bits per heavy atom. The monoisotopic (exact) mass is 981 g/mol. The number of allylic oxidation sites excluding steroid dienone is 36. The number of aliphatic hydroxyl groups is 1. The largest absolute Gasteiger partial charge is 0.462 e. The van der Waals surface area contributed by atoms with E-state index in [2.05, 4.69) is 233 Å². The molecule has 0 saturated carbocycles. The number of hydrogen-bond donors (Lipinski definition) is 1. The molecule has 0 heterocycles. The zero-order valence-corrected chi connectivity index (χ0v) is 44.8. The highest BCUT2D eigenvalue weighted by molar-refractivity contribution is 5.70. The highest BCUT2D eigenvalue weighted by atomic mass is 16.6. The van der Waals surface area contributed by atoms with E-state index in [4.69, 9.17) is 9.47 Å². The van der Waals surface area contributed by atoms with Crippen LogP contribution in [-0.4, -0.2) is 36.4 Å². The molecule has 0 saturated heterocycles. The topological polar surface area (TPSA) is 72.8 Å². The first-order valence-electron chi connectivity index (χ1n) is 27.3. The molecule has 394 valence electrons. The fraction of sp³-hybridized carbons (Fsp3) is 0.433. The maximum absolute atomic E-state index is 12.3. The SMILES string of the molecule is CC/C=C\C/C=C\C/C=C\C/C=C\C/C=C\C/C=C\C/C=C\C/C=C\C/C=C\CCCC(=O)OCC(CO)OC(=O)CCC/C=C\C/C=C\C/C=C\C/C=C\C/C=C\C/C=C\C/C=C\C/C=C\C/C=C\CC. The summed E-state index contributed by atoms with van der Waals surface area (Å²) in [5.74, 6) is -0.755. The zero-order chi connectivity index (χ0) is 52.0. The van der Waals surface area contributed by atoms with Crippen LogP contribution in [-0.2, 0) is 19.1 Å². The van der Waals surface area contributed by atoms with Gasteiger partial charge in [0.1, 0.15) is 6.61 Å². The van der Waals surface area contributed by atoms with Crippen molar-refractivity contribution in [2.45, 2.75) is 174 Å². The highest BCUT2D eigenvalue weighted by Crippen LogP contribution is 2.07. The standard InChI is InChI=1S/C67H96O5/c1-3-5-7-9-11-13-15-17-19-21-23-25-27-29-31-33-35-37-39-41-43-45-47-49-51-53-55-57-59-61-66(69)71-64-65(63-68)72-67(70)62-60-58-56-54-52-50-48-46-44-42-40-38-36-34-32-30-28-26-24-22-20-18-16-14-12-10-8-6-4-2/h5-8,11-14,17-20,23-26,29-32,35-38,41-44,47-50,53-56,65,68H,3-4,9-10,15-16,21-22,27-28,33-34,39-40,45-46,51-52,57-64H2,1-2H3/b7-5-,8-6-,13-11-,14-12-,19-17-,20-18-,25-23-,26-24-,31-29-,32-30-,37-35-,38-36-,43-41-,44-42-,49-47-,50-48-,55-53-,56-54-. The van der Waals surface area contributed by atoms with Gasteiger partial charge in [0.15, 0.2) is 6.10 Å². The third kappa shape index (κ3) is 56.8. The molecule has 5 heteroatoms. The van der Waals surface area contributed by atoms with Crippen LogP contribution in [0, 0.1) is 0 Å². The molecule has 1 N–H and O–H groups in total. The average molecular weight is 981 g/mol. The number of esters is 2. The molecule has 0 aliphatic heterocycles. The van der Waals surface area contributed by atoms with Crippen LogP contribution in [0.3, 0.4) is 0 Å². The molecule has 72 heavy (non-hydrogen) atoms. The number of unbranched alkanes of at least 4 members (excludes halogenated alkanes) is 2. The lowest BCUT2D eigenvalue weighted by Crippen LogP contribution is -2.28. The second-order valence-electron chi connectivity index (χ2n) is 16.8. The van der Waals surface area contributed by atoms with Crippen molar-refractivity contribution in [1.29, 1.82) is 0 Å². The number of aliphatic hydroxyl groups excluding tert-OH is 1. The molecular formula is C67H96O5. The molecule has 1 atom stereocenters. The summed E-state index contributed by atoms with van der Waals surface area (Å²) in [6, 6.07) is 0. The van der Waals surface area contributed by atoms with Crippen LogP contribution in [0.25, 0.3) is 0 Å². The van der Waals surface area contributed by atoms with Crippen molar-refractivity contribution >= 4 is 11.9 Å². The number of carbonyl (C=O) groups is 2. The maximum atomic E-state index is 12.3. The molecule has 0 aliphatic carbocycles. The minimum Gasteiger partial charge on any atom is -0.462 e. The predicted octanol–water partition coefficient (Wildman–Crippen LogP) is 18.8. The van der Waals surface area contributed by atoms with Crippen molar-refractivity contribution in [3.05, 3.63) is 219 Å². The molecule has 0 amide bonds. The van der Waals surface area contributed by atoms with E-state index in [1.54, 1.807) is 0 Å². The molecule has 0 fully saturated rings. The van der Waals surface area contributed by atoms with Gasteiger partial charge in [-0.3, -0.25) is 9.59 Å². The second kappa shape index (κ2) is 59.5. The minimum atomic E-state index is -0.847. The smallest absolute Gasteiger partial charge is 0.306 e. The third-order valence-electron chi connectivity index (χ3n) is 10.3. The average Bonchev–Trinajstić information content (AvgIpc) is 3.38. The number of rotatable bonds is 46. The number of ether oxygens (including phenoxy) is 2. The normalized spacial score (nSPS) is 14.0. The van der Waals surface area contributed by atoms with Crippen molar-refractivity contribution in [3.8, 4) is 0 Å². The van der Waals surface area contributed by atoms with Gasteiger partial charge in [-0.05, 0) is 141 Å². The summed E-state index contributed by atoms with van der Waals surface area (Å²) >= 11 is 0. The van der Waals surface area contributed by atoms with E-state index in [1.807, 2.05) is 0 Å². The van der Waals surface area contributed by atoms with Crippen molar-refractivity contribution < 1.29 is 24.2 Å². The van der Waals surface area contributed by atoms with Gasteiger partial charge in [-0.1, -0.05) is 233 Å². The molecule has 0 spiro atoms. The van der Waals surface area contributed by atoms with Gasteiger partial charge in [0.25, 0.3) is 0 Å². The van der Waals surface area contributed by atoms with Gasteiger partial charge in [-0.25, -0.2) is 0 Å². The summed E-state index contributed by atoms with van der Waals surface area (Å²) < 4.78 is 10.6. The number of hydrogen-bond acceptors (Lipinski definition) is 5. The fourth-order valence-corrected chi connectivity index (χ4v) is 6.26. The van der Waals surface area contributed by atoms with Gasteiger partial charge in [0.05, 0.1) is 6.61 Å². The molecule has 5 nitrogen and oxygen atoms in total. The summed E-state index contributed by atoms with van der Waals surface area (Å²) in [6.07, 6.45) is 99.0. The van der Waals surface area contributed by atoms with E-state index in [9.17, 15) is 14.7 Å². The minimum absolute atomic E-state index is 0.137. The summed E-state index contributed by atoms with van der Waals surface area (Å²) in [4.78, 5) is 24.5. The van der Waals surface area contributed by atoms with Gasteiger partial charge in [0.2, 0.25) is 0 Å². The predicted molar refractivity (Wildman–Crippen MR) is 315 cm³/mol. The van der Waals surface area contributed by atoms with Gasteiger partial charge in [-0.2, -0.15) is 0 Å². The molecule has 1 unspecified atom stereocenters. The van der Waals surface area contributed by atoms with E-state index < -0.39 is 18.7 Å². The van der Waals surface area contributed by atoms with Crippen molar-refractivity contribution in [3.63, 3.8) is 0 Å². The van der Waals surface area contributed by atoms with Gasteiger partial charge >= 0.3 is 11.9 Å². The number of carbonyl (C=O) groups excluding carboxylic acids is 2. The van der Waals surface area contributed by atoms with E-state index >= 15 is 0 Å². The van der Waals surface area contributed by atoms with Crippen LogP contribution in [0.1, 0.15) is 168 Å². The Labute approximate surface area is 440 Å². The molecule has 0 radical (unpaired) electrons. The van der Waals surface area contributed by atoms with Crippen LogP contribution >= 0.6 is 0 Å². The molecular weight excluding hydrogens is 885 g/mol. The van der Waals surface area contributed by atoms with E-state index in [0.717, 1.165) is 128 Å². The Hall–Kier alpha value is -5.78. The molecule has 0 aromatic heterocycles. The Morgan fingerprint density at radius 3 is 0.750 bits per heavy atom. The molecule has 0 rings (SSSR count). The summed E-state index contributed by atoms with van der Waals surface area (Å²) in [5.41, 5.74) is 0. The van der Waals surface area contributed by atoms with Crippen LogP contribution < -0.4 is 0 Å². The maximum Gasteiger partial charge on any atom is 0.306 e. The Morgan fingerprint density at radius 2 is 0.528 bits per heavy atom. The third-order valence-corrected chi connectivity index (χ3v) is 10.3. The summed E-state index contributed by atoms with van der Waals surface area (Å²) in [7, 11) is 0. The van der Waals surface area contributed by atoms with Crippen molar-refractivity contribution in [2.24, 2.45) is 0 Å². The summed E-state index contributed by atoms with van der Waals surface area (Å²) in [6.45, 7) is 3.79. The van der Waals surface area contributed by atoms with Crippen LogP contribution in [0.15, 0.2) is 219 Å². The summed E-state index contributed by atoms with van der Waals surface area (Å²) in [5, 5.41) is 9.63. The van der Waals surface area contributed by atoms with E-state index in [0.29, 0.717) is 12.8 Å². The lowest BCUT2D eigenvalue weighted by Gasteiger charge is -2.15. The molecule has 0 aromatic rings. The van der Waals surface area contributed by atoms with Crippen LogP contribution in [0.5, 0.6) is 0 Å². The fourth-order valence-electron chi connectivity index (χ4n) is 6.26. The van der Waals surface area contributed by atoms with Crippen molar-refractivity contribution in [2.75, 3.05) is 13.2 Å².